The molecule has 0 saturated carbocycles. The van der Waals surface area contributed by atoms with Gasteiger partial charge in [0.15, 0.2) is 0 Å². The summed E-state index contributed by atoms with van der Waals surface area (Å²) in [5, 5.41) is 0. The Bertz CT molecular complexity index is 271. The van der Waals surface area contributed by atoms with E-state index in [-0.39, 0.29) is 12.1 Å². The number of hydrogen-bond donors (Lipinski definition) is 0. The summed E-state index contributed by atoms with van der Waals surface area (Å²) in [4.78, 5) is 10.9. The SMILES string of the molecule is CCCCCCCC/C=C/CCCCC1CCC(=O)O1. The van der Waals surface area contributed by atoms with Crippen molar-refractivity contribution in [2.24, 2.45) is 0 Å². The lowest BCUT2D eigenvalue weighted by molar-refractivity contribution is -0.141. The third kappa shape index (κ3) is 9.17. The van der Waals surface area contributed by atoms with Crippen LogP contribution >= 0.6 is 0 Å². The van der Waals surface area contributed by atoms with Gasteiger partial charge in [-0.05, 0) is 44.9 Å². The molecule has 1 fully saturated rings. The van der Waals surface area contributed by atoms with Crippen LogP contribution in [-0.4, -0.2) is 12.1 Å². The molecule has 0 radical (unpaired) electrons. The Labute approximate surface area is 125 Å². The van der Waals surface area contributed by atoms with Crippen molar-refractivity contribution in [2.45, 2.75) is 96.5 Å². The fraction of sp³-hybridized carbons (Fsp3) is 0.833. The van der Waals surface area contributed by atoms with Gasteiger partial charge >= 0.3 is 5.97 Å². The first kappa shape index (κ1) is 17.3. The van der Waals surface area contributed by atoms with Crippen LogP contribution in [-0.2, 0) is 9.53 Å². The second-order valence-corrected chi connectivity index (χ2v) is 5.96. The van der Waals surface area contributed by atoms with Gasteiger partial charge in [-0.25, -0.2) is 0 Å². The summed E-state index contributed by atoms with van der Waals surface area (Å²) in [5.74, 6) is -0.00571. The maximum absolute atomic E-state index is 10.9. The van der Waals surface area contributed by atoms with E-state index in [4.69, 9.17) is 4.74 Å². The minimum absolute atomic E-state index is 0.00571. The van der Waals surface area contributed by atoms with Gasteiger partial charge < -0.3 is 4.74 Å². The highest BCUT2D eigenvalue weighted by atomic mass is 16.5. The van der Waals surface area contributed by atoms with Crippen molar-refractivity contribution in [1.82, 2.24) is 0 Å². The van der Waals surface area contributed by atoms with E-state index in [0.29, 0.717) is 6.42 Å². The van der Waals surface area contributed by atoms with Crippen LogP contribution in [0.2, 0.25) is 0 Å². The topological polar surface area (TPSA) is 26.3 Å². The molecule has 20 heavy (non-hydrogen) atoms. The van der Waals surface area contributed by atoms with Crippen molar-refractivity contribution in [3.63, 3.8) is 0 Å². The van der Waals surface area contributed by atoms with Crippen LogP contribution in [0.1, 0.15) is 90.4 Å². The second kappa shape index (κ2) is 12.0. The molecule has 0 aromatic heterocycles. The number of esters is 1. The Morgan fingerprint density at radius 3 is 2.30 bits per heavy atom. The second-order valence-electron chi connectivity index (χ2n) is 5.96. The summed E-state index contributed by atoms with van der Waals surface area (Å²) in [5.41, 5.74) is 0. The molecule has 1 atom stereocenters. The molecule has 1 heterocycles. The van der Waals surface area contributed by atoms with E-state index < -0.39 is 0 Å². The first-order valence-corrected chi connectivity index (χ1v) is 8.67. The molecule has 0 spiro atoms. The van der Waals surface area contributed by atoms with Crippen LogP contribution in [0.25, 0.3) is 0 Å². The van der Waals surface area contributed by atoms with Crippen LogP contribution in [0.3, 0.4) is 0 Å². The molecule has 0 aliphatic carbocycles. The molecule has 2 heteroatoms. The molecule has 0 amide bonds. The van der Waals surface area contributed by atoms with Crippen molar-refractivity contribution < 1.29 is 9.53 Å². The van der Waals surface area contributed by atoms with E-state index in [9.17, 15) is 4.79 Å². The third-order valence-corrected chi connectivity index (χ3v) is 4.01. The monoisotopic (exact) mass is 280 g/mol. The van der Waals surface area contributed by atoms with Gasteiger partial charge in [0.25, 0.3) is 0 Å². The quantitative estimate of drug-likeness (QED) is 0.266. The molecule has 0 aromatic rings. The molecular formula is C18H32O2. The molecule has 1 saturated heterocycles. The van der Waals surface area contributed by atoms with E-state index in [2.05, 4.69) is 19.1 Å². The zero-order chi connectivity index (χ0) is 14.5. The van der Waals surface area contributed by atoms with E-state index >= 15 is 0 Å². The highest BCUT2D eigenvalue weighted by molar-refractivity contribution is 5.71. The molecule has 2 nitrogen and oxygen atoms in total. The molecule has 0 bridgehead atoms. The van der Waals surface area contributed by atoms with Gasteiger partial charge in [-0.1, -0.05) is 51.2 Å². The summed E-state index contributed by atoms with van der Waals surface area (Å²) in [6, 6.07) is 0. The van der Waals surface area contributed by atoms with Crippen molar-refractivity contribution >= 4 is 5.97 Å². The molecule has 0 aromatic carbocycles. The lowest BCUT2D eigenvalue weighted by Gasteiger charge is -2.07. The Balaban J connectivity index is 1.79. The summed E-state index contributed by atoms with van der Waals surface area (Å²) < 4.78 is 5.20. The number of rotatable bonds is 12. The summed E-state index contributed by atoms with van der Waals surface area (Å²) in [6.07, 6.45) is 20.6. The van der Waals surface area contributed by atoms with Crippen molar-refractivity contribution in [1.29, 1.82) is 0 Å². The highest BCUT2D eigenvalue weighted by Crippen LogP contribution is 2.19. The number of carbonyl (C=O) groups is 1. The van der Waals surface area contributed by atoms with Crippen molar-refractivity contribution in [3.05, 3.63) is 12.2 Å². The molecule has 116 valence electrons. The molecule has 1 unspecified atom stereocenters. The molecule has 1 rings (SSSR count). The Morgan fingerprint density at radius 1 is 1.00 bits per heavy atom. The zero-order valence-corrected chi connectivity index (χ0v) is 13.2. The summed E-state index contributed by atoms with van der Waals surface area (Å²) in [7, 11) is 0. The van der Waals surface area contributed by atoms with Crippen LogP contribution in [0.5, 0.6) is 0 Å². The molecule has 0 N–H and O–H groups in total. The standard InChI is InChI=1S/C18H32O2/c1-2-3-4-5-6-7-8-9-10-11-12-13-14-17-15-16-18(19)20-17/h9-10,17H,2-8,11-16H2,1H3/b10-9+. The van der Waals surface area contributed by atoms with Crippen LogP contribution in [0.4, 0.5) is 0 Å². The third-order valence-electron chi connectivity index (χ3n) is 4.01. The minimum atomic E-state index is -0.00571. The van der Waals surface area contributed by atoms with E-state index in [1.807, 2.05) is 0 Å². The van der Waals surface area contributed by atoms with Crippen LogP contribution < -0.4 is 0 Å². The average molecular weight is 280 g/mol. The average Bonchev–Trinajstić information content (AvgIpc) is 2.86. The van der Waals surface area contributed by atoms with Gasteiger partial charge in [0, 0.05) is 6.42 Å². The van der Waals surface area contributed by atoms with Gasteiger partial charge in [-0.3, -0.25) is 4.79 Å². The Morgan fingerprint density at radius 2 is 1.65 bits per heavy atom. The normalized spacial score (nSPS) is 18.9. The smallest absolute Gasteiger partial charge is 0.306 e. The largest absolute Gasteiger partial charge is 0.462 e. The Hall–Kier alpha value is -0.790. The number of cyclic esters (lactones) is 1. The van der Waals surface area contributed by atoms with Crippen LogP contribution in [0, 0.1) is 0 Å². The molecule has 1 aliphatic rings. The minimum Gasteiger partial charge on any atom is -0.462 e. The number of unbranched alkanes of at least 4 members (excludes halogenated alkanes) is 8. The van der Waals surface area contributed by atoms with Crippen molar-refractivity contribution in [2.75, 3.05) is 0 Å². The first-order valence-electron chi connectivity index (χ1n) is 8.67. The lowest BCUT2D eigenvalue weighted by atomic mass is 10.1. The Kier molecular flexibility index (Phi) is 10.3. The number of carbonyl (C=O) groups excluding carboxylic acids is 1. The number of hydrogen-bond acceptors (Lipinski definition) is 2. The summed E-state index contributed by atoms with van der Waals surface area (Å²) in [6.45, 7) is 2.26. The molecule has 1 aliphatic heterocycles. The fourth-order valence-corrected chi connectivity index (χ4v) is 2.70. The van der Waals surface area contributed by atoms with Gasteiger partial charge in [-0.2, -0.15) is 0 Å². The van der Waals surface area contributed by atoms with Gasteiger partial charge in [-0.15, -0.1) is 0 Å². The van der Waals surface area contributed by atoms with Crippen molar-refractivity contribution in [3.8, 4) is 0 Å². The highest BCUT2D eigenvalue weighted by Gasteiger charge is 2.22. The van der Waals surface area contributed by atoms with Gasteiger partial charge in [0.2, 0.25) is 0 Å². The molecular weight excluding hydrogens is 248 g/mol. The van der Waals surface area contributed by atoms with Gasteiger partial charge in [0.05, 0.1) is 0 Å². The fourth-order valence-electron chi connectivity index (χ4n) is 2.70. The van der Waals surface area contributed by atoms with E-state index in [1.54, 1.807) is 0 Å². The first-order chi connectivity index (χ1) is 9.83. The maximum Gasteiger partial charge on any atom is 0.306 e. The van der Waals surface area contributed by atoms with Crippen LogP contribution in [0.15, 0.2) is 12.2 Å². The van der Waals surface area contributed by atoms with Gasteiger partial charge in [0.1, 0.15) is 6.10 Å². The predicted octanol–water partition coefficient (Wildman–Crippen LogP) is 5.56. The predicted molar refractivity (Wildman–Crippen MR) is 84.7 cm³/mol. The number of ether oxygens (including phenoxy) is 1. The number of allylic oxidation sites excluding steroid dienone is 2. The lowest BCUT2D eigenvalue weighted by Crippen LogP contribution is -2.05. The summed E-state index contributed by atoms with van der Waals surface area (Å²) >= 11 is 0. The van der Waals surface area contributed by atoms with E-state index in [1.165, 1.54) is 64.2 Å². The maximum atomic E-state index is 10.9. The van der Waals surface area contributed by atoms with E-state index in [0.717, 1.165) is 12.8 Å². The zero-order valence-electron chi connectivity index (χ0n) is 13.2.